The fourth-order valence-electron chi connectivity index (χ4n) is 4.55. The Morgan fingerprint density at radius 3 is 2.72 bits per heavy atom. The first-order valence-electron chi connectivity index (χ1n) is 10.6. The van der Waals surface area contributed by atoms with Crippen molar-refractivity contribution in [3.8, 4) is 0 Å². The fraction of sp³-hybridized carbons (Fsp3) is 0.304. The van der Waals surface area contributed by atoms with Crippen LogP contribution in [-0.2, 0) is 17.9 Å². The van der Waals surface area contributed by atoms with E-state index in [2.05, 4.69) is 24.8 Å². The second-order valence-corrected chi connectivity index (χ2v) is 8.10. The topological polar surface area (TPSA) is 87.9 Å². The van der Waals surface area contributed by atoms with E-state index in [1.54, 1.807) is 29.2 Å². The highest BCUT2D eigenvalue weighted by Crippen LogP contribution is 2.32. The zero-order valence-corrected chi connectivity index (χ0v) is 17.5. The van der Waals surface area contributed by atoms with Crippen LogP contribution in [0, 0.1) is 5.82 Å². The Morgan fingerprint density at radius 1 is 1.09 bits per heavy atom. The van der Waals surface area contributed by atoms with E-state index < -0.39 is 0 Å². The number of nitrogens with zero attached hydrogens (tertiary/aromatic N) is 7. The Bertz CT molecular complexity index is 1170. The molecule has 0 bridgehead atoms. The second kappa shape index (κ2) is 8.45. The van der Waals surface area contributed by atoms with Crippen molar-refractivity contribution in [2.45, 2.75) is 19.5 Å². The van der Waals surface area contributed by atoms with Crippen LogP contribution in [0.15, 0.2) is 69.9 Å². The molecule has 162 valence electrons. The van der Waals surface area contributed by atoms with Gasteiger partial charge in [-0.3, -0.25) is 19.6 Å². The number of amides is 1. The number of rotatable bonds is 5. The van der Waals surface area contributed by atoms with Crippen molar-refractivity contribution in [3.05, 3.63) is 87.2 Å². The van der Waals surface area contributed by atoms with Crippen LogP contribution in [0.3, 0.4) is 0 Å². The molecule has 5 rings (SSSR count). The van der Waals surface area contributed by atoms with Gasteiger partial charge in [-0.15, -0.1) is 0 Å². The van der Waals surface area contributed by atoms with E-state index in [0.29, 0.717) is 37.8 Å². The summed E-state index contributed by atoms with van der Waals surface area (Å²) in [5.74, 6) is 0.440. The van der Waals surface area contributed by atoms with Crippen LogP contribution >= 0.6 is 0 Å². The molecule has 0 atom stereocenters. The summed E-state index contributed by atoms with van der Waals surface area (Å²) in [6, 6.07) is 13.8. The molecule has 9 heteroatoms. The summed E-state index contributed by atoms with van der Waals surface area (Å²) in [6.07, 6.45) is 0.768. The Labute approximate surface area is 184 Å². The zero-order chi connectivity index (χ0) is 22.1. The summed E-state index contributed by atoms with van der Waals surface area (Å²) in [7, 11) is 0. The van der Waals surface area contributed by atoms with Gasteiger partial charge in [-0.05, 0) is 28.8 Å². The van der Waals surface area contributed by atoms with E-state index in [9.17, 15) is 9.18 Å². The van der Waals surface area contributed by atoms with Crippen LogP contribution in [-0.4, -0.2) is 52.7 Å². The molecule has 0 saturated carbocycles. The Morgan fingerprint density at radius 2 is 1.94 bits per heavy atom. The lowest BCUT2D eigenvalue weighted by atomic mass is 10.00. The number of halogens is 1. The molecule has 3 aliphatic heterocycles. The first-order chi connectivity index (χ1) is 15.6. The van der Waals surface area contributed by atoms with Gasteiger partial charge in [-0.25, -0.2) is 4.39 Å². The molecule has 0 unspecified atom stereocenters. The van der Waals surface area contributed by atoms with Crippen molar-refractivity contribution in [3.63, 3.8) is 0 Å². The number of aliphatic imine (C=N–C) groups is 1. The van der Waals surface area contributed by atoms with Crippen molar-refractivity contribution in [2.75, 3.05) is 26.2 Å². The molecule has 0 spiro atoms. The number of carbonyl (C=O) groups is 1. The number of fused-ring (bicyclic) bond motifs is 2. The standard InChI is InChI=1S/C23H22FN7O/c24-18-3-1-2-17(12-18)13-29-10-8-21-20(15-29)22(32)31(23-26-9-11-30(21)23)14-16-4-6-19(7-5-16)27-28-25/h1-7,12H,8-11,13-15H2. The van der Waals surface area contributed by atoms with Crippen molar-refractivity contribution >= 4 is 17.6 Å². The molecule has 2 aromatic rings. The molecule has 8 nitrogen and oxygen atoms in total. The maximum Gasteiger partial charge on any atom is 0.259 e. The Balaban J connectivity index is 1.38. The highest BCUT2D eigenvalue weighted by atomic mass is 19.1. The van der Waals surface area contributed by atoms with Gasteiger partial charge >= 0.3 is 0 Å². The number of hydrogen-bond donors (Lipinski definition) is 0. The highest BCUT2D eigenvalue weighted by molar-refractivity contribution is 6.09. The minimum atomic E-state index is -0.247. The summed E-state index contributed by atoms with van der Waals surface area (Å²) in [6.45, 7) is 3.78. The summed E-state index contributed by atoms with van der Waals surface area (Å²) in [5, 5.41) is 3.60. The number of guanidine groups is 1. The molecule has 1 amide bonds. The van der Waals surface area contributed by atoms with Gasteiger partial charge in [-0.1, -0.05) is 41.5 Å². The van der Waals surface area contributed by atoms with Gasteiger partial charge in [0.2, 0.25) is 5.96 Å². The maximum absolute atomic E-state index is 13.6. The van der Waals surface area contributed by atoms with Gasteiger partial charge in [0, 0.05) is 48.9 Å². The van der Waals surface area contributed by atoms with E-state index in [1.807, 2.05) is 18.2 Å². The van der Waals surface area contributed by atoms with Gasteiger partial charge in [0.1, 0.15) is 5.82 Å². The monoisotopic (exact) mass is 431 g/mol. The predicted octanol–water partition coefficient (Wildman–Crippen LogP) is 3.94. The van der Waals surface area contributed by atoms with Crippen LogP contribution in [0.25, 0.3) is 10.4 Å². The van der Waals surface area contributed by atoms with Crippen molar-refractivity contribution in [1.29, 1.82) is 0 Å². The quantitative estimate of drug-likeness (QED) is 0.408. The molecule has 0 N–H and O–H groups in total. The Kier molecular flexibility index (Phi) is 5.34. The predicted molar refractivity (Wildman–Crippen MR) is 118 cm³/mol. The summed E-state index contributed by atoms with van der Waals surface area (Å²) in [5.41, 5.74) is 12.8. The van der Waals surface area contributed by atoms with Crippen LogP contribution in [0.5, 0.6) is 0 Å². The van der Waals surface area contributed by atoms with Crippen LogP contribution < -0.4 is 0 Å². The van der Waals surface area contributed by atoms with Crippen molar-refractivity contribution in [1.82, 2.24) is 14.7 Å². The van der Waals surface area contributed by atoms with E-state index in [-0.39, 0.29) is 11.7 Å². The third-order valence-corrected chi connectivity index (χ3v) is 6.02. The lowest BCUT2D eigenvalue weighted by Gasteiger charge is -2.42. The molecule has 0 fully saturated rings. The first-order valence-corrected chi connectivity index (χ1v) is 10.6. The number of hydrogen-bond acceptors (Lipinski definition) is 5. The molecular formula is C23H22FN7O. The number of azide groups is 1. The summed E-state index contributed by atoms with van der Waals surface area (Å²) < 4.78 is 13.6. The SMILES string of the molecule is [N-]=[N+]=Nc1ccc(CN2C(=O)C3=C(CCN(Cc4cccc(F)c4)C3)N3CCN=C23)cc1. The van der Waals surface area contributed by atoms with Gasteiger partial charge in [-0.2, -0.15) is 0 Å². The normalized spacial score (nSPS) is 18.3. The molecule has 3 aliphatic rings. The van der Waals surface area contributed by atoms with Crippen LogP contribution in [0.2, 0.25) is 0 Å². The molecule has 32 heavy (non-hydrogen) atoms. The minimum Gasteiger partial charge on any atom is -0.314 e. The van der Waals surface area contributed by atoms with Gasteiger partial charge in [0.25, 0.3) is 5.91 Å². The van der Waals surface area contributed by atoms with Gasteiger partial charge in [0.15, 0.2) is 0 Å². The largest absolute Gasteiger partial charge is 0.314 e. The van der Waals surface area contributed by atoms with Gasteiger partial charge in [0.05, 0.1) is 18.7 Å². The molecule has 0 saturated heterocycles. The lowest BCUT2D eigenvalue weighted by molar-refractivity contribution is -0.125. The smallest absolute Gasteiger partial charge is 0.259 e. The minimum absolute atomic E-state index is 0.0278. The third-order valence-electron chi connectivity index (χ3n) is 6.02. The fourth-order valence-corrected chi connectivity index (χ4v) is 4.55. The molecule has 0 aromatic heterocycles. The van der Waals surface area contributed by atoms with E-state index in [4.69, 9.17) is 5.53 Å². The average molecular weight is 431 g/mol. The average Bonchev–Trinajstić information content (AvgIpc) is 3.28. The summed E-state index contributed by atoms with van der Waals surface area (Å²) >= 11 is 0. The molecular weight excluding hydrogens is 409 g/mol. The highest BCUT2D eigenvalue weighted by Gasteiger charge is 2.40. The lowest BCUT2D eigenvalue weighted by Crippen LogP contribution is -2.53. The van der Waals surface area contributed by atoms with Crippen LogP contribution in [0.1, 0.15) is 17.5 Å². The van der Waals surface area contributed by atoms with E-state index in [0.717, 1.165) is 41.9 Å². The van der Waals surface area contributed by atoms with Crippen LogP contribution in [0.4, 0.5) is 10.1 Å². The number of carbonyl (C=O) groups excluding carboxylic acids is 1. The maximum atomic E-state index is 13.6. The molecule has 0 aliphatic carbocycles. The molecule has 0 radical (unpaired) electrons. The van der Waals surface area contributed by atoms with Gasteiger partial charge < -0.3 is 4.90 Å². The van der Waals surface area contributed by atoms with E-state index in [1.165, 1.54) is 6.07 Å². The molecule has 3 heterocycles. The number of benzene rings is 2. The van der Waals surface area contributed by atoms with E-state index >= 15 is 0 Å². The Hall–Kier alpha value is -3.68. The van der Waals surface area contributed by atoms with Crippen molar-refractivity contribution < 1.29 is 9.18 Å². The first kappa shape index (κ1) is 20.2. The molecule has 2 aromatic carbocycles. The summed E-state index contributed by atoms with van der Waals surface area (Å²) in [4.78, 5) is 27.0. The third kappa shape index (κ3) is 3.84. The zero-order valence-electron chi connectivity index (χ0n) is 17.5. The second-order valence-electron chi connectivity index (χ2n) is 8.10. The van der Waals surface area contributed by atoms with Crippen molar-refractivity contribution in [2.24, 2.45) is 10.1 Å².